The molecule has 1 atom stereocenters. The Morgan fingerprint density at radius 3 is 2.40 bits per heavy atom. The molecule has 0 radical (unpaired) electrons. The lowest BCUT2D eigenvalue weighted by Crippen LogP contribution is -2.49. The van der Waals surface area contributed by atoms with Crippen LogP contribution in [0, 0.1) is 17.2 Å². The third-order valence-electron chi connectivity index (χ3n) is 3.38. The van der Waals surface area contributed by atoms with Gasteiger partial charge in [-0.25, -0.2) is 0 Å². The zero-order valence-corrected chi connectivity index (χ0v) is 15.8. The predicted octanol–water partition coefficient (Wildman–Crippen LogP) is 2.33. The summed E-state index contributed by atoms with van der Waals surface area (Å²) in [5.41, 5.74) is 0.00906. The van der Waals surface area contributed by atoms with Crippen LogP contribution >= 0.6 is 0 Å². The molecule has 0 fully saturated rings. The number of nitriles is 1. The molecular weight excluding hydrogens is 318 g/mol. The standard InChI is InChI=1S/C19H27N3O3/c1-13(2)17(25-15-10-8-7-9-14(15)11-20)18(24)22(6)12-16(23)21-19(3,4)5/h7-10,13,17H,12H2,1-6H3,(H,21,23). The summed E-state index contributed by atoms with van der Waals surface area (Å²) in [7, 11) is 1.57. The van der Waals surface area contributed by atoms with Gasteiger partial charge in [-0.05, 0) is 38.8 Å². The molecule has 136 valence electrons. The molecule has 0 saturated heterocycles. The lowest BCUT2D eigenvalue weighted by Gasteiger charge is -2.28. The van der Waals surface area contributed by atoms with Crippen molar-refractivity contribution in [2.75, 3.05) is 13.6 Å². The maximum atomic E-state index is 12.7. The number of hydrogen-bond donors (Lipinski definition) is 1. The van der Waals surface area contributed by atoms with Gasteiger partial charge >= 0.3 is 0 Å². The molecule has 0 saturated carbocycles. The molecule has 1 aromatic rings. The summed E-state index contributed by atoms with van der Waals surface area (Å²) in [6, 6.07) is 8.83. The van der Waals surface area contributed by atoms with E-state index in [1.807, 2.05) is 34.6 Å². The van der Waals surface area contributed by atoms with Crippen molar-refractivity contribution < 1.29 is 14.3 Å². The van der Waals surface area contributed by atoms with Crippen molar-refractivity contribution in [2.45, 2.75) is 46.3 Å². The van der Waals surface area contributed by atoms with Gasteiger partial charge in [-0.3, -0.25) is 9.59 Å². The van der Waals surface area contributed by atoms with Crippen LogP contribution in [0.3, 0.4) is 0 Å². The first-order chi connectivity index (χ1) is 11.5. The number of nitrogens with zero attached hydrogens (tertiary/aromatic N) is 2. The molecule has 6 heteroatoms. The van der Waals surface area contributed by atoms with Gasteiger partial charge in [-0.1, -0.05) is 26.0 Å². The van der Waals surface area contributed by atoms with Crippen molar-refractivity contribution in [1.82, 2.24) is 10.2 Å². The highest BCUT2D eigenvalue weighted by atomic mass is 16.5. The molecule has 0 aliphatic carbocycles. The number of hydrogen-bond acceptors (Lipinski definition) is 4. The minimum Gasteiger partial charge on any atom is -0.479 e. The smallest absolute Gasteiger partial charge is 0.264 e. The first kappa shape index (κ1) is 20.5. The molecule has 1 unspecified atom stereocenters. The van der Waals surface area contributed by atoms with E-state index in [0.29, 0.717) is 11.3 Å². The van der Waals surface area contributed by atoms with E-state index in [9.17, 15) is 9.59 Å². The van der Waals surface area contributed by atoms with Crippen molar-refractivity contribution in [1.29, 1.82) is 5.26 Å². The van der Waals surface area contributed by atoms with Gasteiger partial charge in [0.05, 0.1) is 12.1 Å². The molecule has 0 aliphatic heterocycles. The monoisotopic (exact) mass is 345 g/mol. The van der Waals surface area contributed by atoms with Crippen LogP contribution in [0.4, 0.5) is 0 Å². The van der Waals surface area contributed by atoms with Crippen LogP contribution in [0.25, 0.3) is 0 Å². The number of ether oxygens (including phenoxy) is 1. The SMILES string of the molecule is CC(C)C(Oc1ccccc1C#N)C(=O)N(C)CC(=O)NC(C)(C)C. The molecule has 2 amide bonds. The number of carbonyl (C=O) groups is 2. The topological polar surface area (TPSA) is 82.4 Å². The maximum absolute atomic E-state index is 12.7. The Morgan fingerprint density at radius 2 is 1.88 bits per heavy atom. The molecule has 0 aliphatic rings. The van der Waals surface area contributed by atoms with Gasteiger partial charge in [0.15, 0.2) is 6.10 Å². The van der Waals surface area contributed by atoms with Crippen LogP contribution in [0.1, 0.15) is 40.2 Å². The number of rotatable bonds is 6. The quantitative estimate of drug-likeness (QED) is 0.858. The van der Waals surface area contributed by atoms with Crippen LogP contribution in [-0.4, -0.2) is 41.9 Å². The summed E-state index contributed by atoms with van der Waals surface area (Å²) < 4.78 is 5.82. The summed E-state index contributed by atoms with van der Waals surface area (Å²) >= 11 is 0. The fourth-order valence-electron chi connectivity index (χ4n) is 2.24. The summed E-state index contributed by atoms with van der Waals surface area (Å²) in [5, 5.41) is 12.0. The van der Waals surface area contributed by atoms with Gasteiger partial charge in [-0.2, -0.15) is 5.26 Å². The normalized spacial score (nSPS) is 12.2. The van der Waals surface area contributed by atoms with Crippen LogP contribution in [0.2, 0.25) is 0 Å². The number of nitrogens with one attached hydrogen (secondary N) is 1. The lowest BCUT2D eigenvalue weighted by molar-refractivity contribution is -0.142. The van der Waals surface area contributed by atoms with Crippen LogP contribution in [-0.2, 0) is 9.59 Å². The molecule has 25 heavy (non-hydrogen) atoms. The Balaban J connectivity index is 2.86. The molecule has 1 N–H and O–H groups in total. The van der Waals surface area contributed by atoms with E-state index in [0.717, 1.165) is 0 Å². The summed E-state index contributed by atoms with van der Waals surface area (Å²) in [6.45, 7) is 9.31. The highest BCUT2D eigenvalue weighted by Gasteiger charge is 2.29. The third-order valence-corrected chi connectivity index (χ3v) is 3.38. The van der Waals surface area contributed by atoms with E-state index in [-0.39, 0.29) is 29.8 Å². The second-order valence-electron chi connectivity index (χ2n) is 7.38. The van der Waals surface area contributed by atoms with Crippen LogP contribution in [0.5, 0.6) is 5.75 Å². The van der Waals surface area contributed by atoms with Gasteiger partial charge in [0.25, 0.3) is 5.91 Å². The summed E-state index contributed by atoms with van der Waals surface area (Å²) in [5.74, 6) is -0.285. The van der Waals surface area contributed by atoms with Crippen LogP contribution < -0.4 is 10.1 Å². The summed E-state index contributed by atoms with van der Waals surface area (Å²) in [4.78, 5) is 26.1. The average Bonchev–Trinajstić information content (AvgIpc) is 2.49. The second-order valence-corrected chi connectivity index (χ2v) is 7.38. The number of benzene rings is 1. The molecular formula is C19H27N3O3. The van der Waals surface area contributed by atoms with Crippen molar-refractivity contribution in [3.05, 3.63) is 29.8 Å². The molecule has 0 heterocycles. The predicted molar refractivity (Wildman–Crippen MR) is 95.9 cm³/mol. The zero-order chi connectivity index (χ0) is 19.2. The van der Waals surface area contributed by atoms with E-state index >= 15 is 0 Å². The Hall–Kier alpha value is -2.55. The van der Waals surface area contributed by atoms with Gasteiger partial charge in [0.1, 0.15) is 11.8 Å². The zero-order valence-electron chi connectivity index (χ0n) is 15.8. The Kier molecular flexibility index (Phi) is 6.98. The van der Waals surface area contributed by atoms with Gasteiger partial charge < -0.3 is 15.0 Å². The molecule has 0 aromatic heterocycles. The van der Waals surface area contributed by atoms with Gasteiger partial charge in [0, 0.05) is 12.6 Å². The fraction of sp³-hybridized carbons (Fsp3) is 0.526. The van der Waals surface area contributed by atoms with Gasteiger partial charge in [-0.15, -0.1) is 0 Å². The highest BCUT2D eigenvalue weighted by Crippen LogP contribution is 2.21. The van der Waals surface area contributed by atoms with E-state index in [1.165, 1.54) is 4.90 Å². The van der Waals surface area contributed by atoms with Crippen molar-refractivity contribution in [3.8, 4) is 11.8 Å². The summed E-state index contributed by atoms with van der Waals surface area (Å²) in [6.07, 6.45) is -0.776. The Morgan fingerprint density at radius 1 is 1.28 bits per heavy atom. The van der Waals surface area contributed by atoms with Crippen LogP contribution in [0.15, 0.2) is 24.3 Å². The largest absolute Gasteiger partial charge is 0.479 e. The molecule has 1 rings (SSSR count). The van der Waals surface area contributed by atoms with Crippen molar-refractivity contribution >= 4 is 11.8 Å². The number of para-hydroxylation sites is 1. The molecule has 0 spiro atoms. The minimum absolute atomic E-state index is 0.0530. The number of carbonyl (C=O) groups excluding carboxylic acids is 2. The van der Waals surface area contributed by atoms with E-state index in [1.54, 1.807) is 31.3 Å². The number of likely N-dealkylation sites (N-methyl/N-ethyl adjacent to an activating group) is 1. The molecule has 0 bridgehead atoms. The molecule has 6 nitrogen and oxygen atoms in total. The first-order valence-corrected chi connectivity index (χ1v) is 8.27. The van der Waals surface area contributed by atoms with Gasteiger partial charge in [0.2, 0.25) is 5.91 Å². The Labute approximate surface area is 149 Å². The lowest BCUT2D eigenvalue weighted by atomic mass is 10.1. The third kappa shape index (κ3) is 6.46. The van der Waals surface area contributed by atoms with E-state index in [2.05, 4.69) is 11.4 Å². The Bertz CT molecular complexity index is 657. The average molecular weight is 345 g/mol. The fourth-order valence-corrected chi connectivity index (χ4v) is 2.24. The highest BCUT2D eigenvalue weighted by molar-refractivity contribution is 5.87. The maximum Gasteiger partial charge on any atom is 0.264 e. The first-order valence-electron chi connectivity index (χ1n) is 8.27. The minimum atomic E-state index is -0.776. The van der Waals surface area contributed by atoms with Crippen molar-refractivity contribution in [3.63, 3.8) is 0 Å². The van der Waals surface area contributed by atoms with E-state index < -0.39 is 6.10 Å². The second kappa shape index (κ2) is 8.52. The molecule has 1 aromatic carbocycles. The number of amides is 2. The van der Waals surface area contributed by atoms with E-state index in [4.69, 9.17) is 10.00 Å². The van der Waals surface area contributed by atoms with Crippen molar-refractivity contribution in [2.24, 2.45) is 5.92 Å².